The number of rotatable bonds is 5. The maximum Gasteiger partial charge on any atom is 0.169 e. The van der Waals surface area contributed by atoms with Gasteiger partial charge in [-0.15, -0.1) is 0 Å². The Morgan fingerprint density at radius 2 is 1.88 bits per heavy atom. The van der Waals surface area contributed by atoms with Crippen LogP contribution in [0.25, 0.3) is 0 Å². The van der Waals surface area contributed by atoms with Crippen molar-refractivity contribution in [2.75, 3.05) is 0 Å². The Morgan fingerprint density at radius 3 is 2.29 bits per heavy atom. The van der Waals surface area contributed by atoms with E-state index >= 15 is 0 Å². The molecule has 0 bridgehead atoms. The molecule has 92 valence electrons. The summed E-state index contributed by atoms with van der Waals surface area (Å²) in [5.41, 5.74) is 2.06. The summed E-state index contributed by atoms with van der Waals surface area (Å²) in [7, 11) is 0. The molecule has 0 heterocycles. The van der Waals surface area contributed by atoms with Crippen LogP contribution in [0, 0.1) is 11.3 Å². The van der Waals surface area contributed by atoms with Gasteiger partial charge in [0.1, 0.15) is 0 Å². The number of benzene rings is 1. The van der Waals surface area contributed by atoms with Crippen molar-refractivity contribution in [1.82, 2.24) is 0 Å². The van der Waals surface area contributed by atoms with E-state index in [1.54, 1.807) is 13.8 Å². The van der Waals surface area contributed by atoms with E-state index < -0.39 is 12.2 Å². The lowest BCUT2D eigenvalue weighted by Gasteiger charge is -2.19. The average Bonchev–Trinajstić information content (AvgIpc) is 2.35. The van der Waals surface area contributed by atoms with Gasteiger partial charge in [-0.3, -0.25) is 0 Å². The number of nitrogens with zero attached hydrogens (tertiary/aromatic N) is 1. The quantitative estimate of drug-likeness (QED) is 0.850. The van der Waals surface area contributed by atoms with Gasteiger partial charge in [0, 0.05) is 0 Å². The number of aliphatic hydroxyl groups excluding tert-OH is 1. The van der Waals surface area contributed by atoms with Crippen LogP contribution in [0.5, 0.6) is 0 Å². The third-order valence-electron chi connectivity index (χ3n) is 2.84. The van der Waals surface area contributed by atoms with Crippen molar-refractivity contribution >= 4 is 0 Å². The third kappa shape index (κ3) is 3.85. The average molecular weight is 233 g/mol. The molecular formula is C14H19NO2. The van der Waals surface area contributed by atoms with Gasteiger partial charge in [-0.05, 0) is 31.4 Å². The van der Waals surface area contributed by atoms with Crippen molar-refractivity contribution in [2.24, 2.45) is 0 Å². The summed E-state index contributed by atoms with van der Waals surface area (Å²) in [5.74, 6) is 0. The van der Waals surface area contributed by atoms with Crippen molar-refractivity contribution in [3.63, 3.8) is 0 Å². The van der Waals surface area contributed by atoms with Gasteiger partial charge in [-0.2, -0.15) is 5.26 Å². The van der Waals surface area contributed by atoms with Crippen LogP contribution in [0.15, 0.2) is 24.3 Å². The first-order chi connectivity index (χ1) is 8.08. The zero-order chi connectivity index (χ0) is 12.8. The Morgan fingerprint density at radius 1 is 1.29 bits per heavy atom. The number of ether oxygens (including phenoxy) is 1. The maximum absolute atomic E-state index is 9.36. The van der Waals surface area contributed by atoms with Crippen LogP contribution in [0.1, 0.15) is 38.0 Å². The van der Waals surface area contributed by atoms with Gasteiger partial charge in [0.15, 0.2) is 6.10 Å². The zero-order valence-corrected chi connectivity index (χ0v) is 10.6. The molecule has 1 aromatic rings. The molecule has 1 N–H and O–H groups in total. The standard InChI is InChI=1S/C14H19NO2/c1-4-12-5-7-13(8-6-12)14(9-15)17-11(3)10(2)16/h5-8,10-11,14,16H,4H2,1-3H3. The Hall–Kier alpha value is -1.37. The molecule has 1 rings (SSSR count). The molecule has 3 heteroatoms. The predicted molar refractivity (Wildman–Crippen MR) is 66.4 cm³/mol. The van der Waals surface area contributed by atoms with Gasteiger partial charge >= 0.3 is 0 Å². The molecule has 0 spiro atoms. The third-order valence-corrected chi connectivity index (χ3v) is 2.84. The van der Waals surface area contributed by atoms with E-state index in [-0.39, 0.29) is 6.10 Å². The van der Waals surface area contributed by atoms with Crippen molar-refractivity contribution in [1.29, 1.82) is 5.26 Å². The molecule has 1 aromatic carbocycles. The van der Waals surface area contributed by atoms with Crippen molar-refractivity contribution in [2.45, 2.75) is 45.5 Å². The SMILES string of the molecule is CCc1ccc(C(C#N)OC(C)C(C)O)cc1. The van der Waals surface area contributed by atoms with Crippen molar-refractivity contribution in [3.8, 4) is 6.07 Å². The van der Waals surface area contributed by atoms with Crippen LogP contribution in [-0.4, -0.2) is 17.3 Å². The minimum absolute atomic E-state index is 0.356. The predicted octanol–water partition coefficient (Wildman–Crippen LogP) is 2.60. The molecule has 3 atom stereocenters. The molecule has 3 nitrogen and oxygen atoms in total. The van der Waals surface area contributed by atoms with Crippen LogP contribution >= 0.6 is 0 Å². The van der Waals surface area contributed by atoms with Gasteiger partial charge in [-0.1, -0.05) is 31.2 Å². The largest absolute Gasteiger partial charge is 0.391 e. The number of hydrogen-bond acceptors (Lipinski definition) is 3. The molecule has 0 aliphatic rings. The summed E-state index contributed by atoms with van der Waals surface area (Å²) in [6.07, 6.45) is -0.584. The van der Waals surface area contributed by atoms with Gasteiger partial charge in [0.05, 0.1) is 18.3 Å². The molecule has 17 heavy (non-hydrogen) atoms. The van der Waals surface area contributed by atoms with Gasteiger partial charge in [0.2, 0.25) is 0 Å². The van der Waals surface area contributed by atoms with E-state index in [0.29, 0.717) is 0 Å². The first kappa shape index (κ1) is 13.7. The van der Waals surface area contributed by atoms with Crippen molar-refractivity contribution in [3.05, 3.63) is 35.4 Å². The Labute approximate surface area is 103 Å². The maximum atomic E-state index is 9.36. The molecule has 3 unspecified atom stereocenters. The Bertz CT molecular complexity index is 378. The lowest BCUT2D eigenvalue weighted by atomic mass is 10.1. The van der Waals surface area contributed by atoms with Crippen LogP contribution < -0.4 is 0 Å². The highest BCUT2D eigenvalue weighted by Gasteiger charge is 2.17. The number of nitriles is 1. The Balaban J connectivity index is 2.76. The fourth-order valence-corrected chi connectivity index (χ4v) is 1.44. The highest BCUT2D eigenvalue weighted by Crippen LogP contribution is 2.20. The molecule has 0 saturated heterocycles. The molecule has 0 amide bonds. The van der Waals surface area contributed by atoms with Crippen LogP contribution in [0.3, 0.4) is 0 Å². The van der Waals surface area contributed by atoms with Crippen LogP contribution in [0.2, 0.25) is 0 Å². The minimum Gasteiger partial charge on any atom is -0.391 e. The molecule has 0 aliphatic carbocycles. The second-order valence-electron chi connectivity index (χ2n) is 4.19. The summed E-state index contributed by atoms with van der Waals surface area (Å²) in [5, 5.41) is 18.4. The number of aliphatic hydroxyl groups is 1. The Kier molecular flexibility index (Phi) is 5.14. The molecular weight excluding hydrogens is 214 g/mol. The molecule has 0 aromatic heterocycles. The lowest BCUT2D eigenvalue weighted by Crippen LogP contribution is -2.24. The highest BCUT2D eigenvalue weighted by atomic mass is 16.5. The minimum atomic E-state index is -0.620. The van der Waals surface area contributed by atoms with E-state index in [0.717, 1.165) is 12.0 Å². The van der Waals surface area contributed by atoms with Gasteiger partial charge < -0.3 is 9.84 Å². The fraction of sp³-hybridized carbons (Fsp3) is 0.500. The van der Waals surface area contributed by atoms with E-state index in [1.165, 1.54) is 5.56 Å². The van der Waals surface area contributed by atoms with Gasteiger partial charge in [-0.25, -0.2) is 0 Å². The molecule has 0 aliphatic heterocycles. The van der Waals surface area contributed by atoms with E-state index in [9.17, 15) is 5.11 Å². The van der Waals surface area contributed by atoms with Crippen LogP contribution in [0.4, 0.5) is 0 Å². The first-order valence-corrected chi connectivity index (χ1v) is 5.90. The topological polar surface area (TPSA) is 53.2 Å². The normalized spacial score (nSPS) is 15.9. The highest BCUT2D eigenvalue weighted by molar-refractivity contribution is 5.27. The van der Waals surface area contributed by atoms with Crippen LogP contribution in [-0.2, 0) is 11.2 Å². The smallest absolute Gasteiger partial charge is 0.169 e. The summed E-state index contributed by atoms with van der Waals surface area (Å²) in [6.45, 7) is 5.50. The second kappa shape index (κ2) is 6.39. The second-order valence-corrected chi connectivity index (χ2v) is 4.19. The molecule has 0 radical (unpaired) electrons. The summed E-state index contributed by atoms with van der Waals surface area (Å²) in [6, 6.07) is 9.91. The molecule has 0 fully saturated rings. The van der Waals surface area contributed by atoms with Gasteiger partial charge in [0.25, 0.3) is 0 Å². The fourth-order valence-electron chi connectivity index (χ4n) is 1.44. The van der Waals surface area contributed by atoms with Crippen molar-refractivity contribution < 1.29 is 9.84 Å². The lowest BCUT2D eigenvalue weighted by molar-refractivity contribution is -0.0426. The molecule has 0 saturated carbocycles. The monoisotopic (exact) mass is 233 g/mol. The number of aryl methyl sites for hydroxylation is 1. The summed E-state index contributed by atoms with van der Waals surface area (Å²) < 4.78 is 5.51. The van der Waals surface area contributed by atoms with E-state index in [4.69, 9.17) is 10.00 Å². The first-order valence-electron chi connectivity index (χ1n) is 5.90. The van der Waals surface area contributed by atoms with E-state index in [2.05, 4.69) is 13.0 Å². The summed E-state index contributed by atoms with van der Waals surface area (Å²) in [4.78, 5) is 0. The zero-order valence-electron chi connectivity index (χ0n) is 10.6. The van der Waals surface area contributed by atoms with E-state index in [1.807, 2.05) is 24.3 Å². The number of hydrogen-bond donors (Lipinski definition) is 1. The summed E-state index contributed by atoms with van der Waals surface area (Å²) >= 11 is 0.